The molecule has 8 heteroatoms. The maximum absolute atomic E-state index is 2.75. The second-order valence-electron chi connectivity index (χ2n) is 30.3. The van der Waals surface area contributed by atoms with Crippen molar-refractivity contribution < 1.29 is 0 Å². The number of para-hydroxylation sites is 8. The summed E-state index contributed by atoms with van der Waals surface area (Å²) >= 11 is 0. The molecule has 0 atom stereocenters. The summed E-state index contributed by atoms with van der Waals surface area (Å²) in [5.74, 6) is 0. The Morgan fingerprint density at radius 1 is 0.241 bits per heavy atom. The minimum Gasteiger partial charge on any atom is -0.311 e. The number of hydrogen-bond donors (Lipinski definition) is 0. The van der Waals surface area contributed by atoms with Crippen LogP contribution in [-0.4, -0.2) is 13.4 Å². The Balaban J connectivity index is 0.961. The first-order valence-electron chi connectivity index (χ1n) is 37.8. The highest BCUT2D eigenvalue weighted by Gasteiger charge is 2.57. The highest BCUT2D eigenvalue weighted by Crippen LogP contribution is 2.62. The molecule has 15 aromatic carbocycles. The van der Waals surface area contributed by atoms with Gasteiger partial charge in [0.1, 0.15) is 0 Å². The van der Waals surface area contributed by atoms with E-state index in [-0.39, 0.29) is 13.4 Å². The van der Waals surface area contributed by atoms with Crippen molar-refractivity contribution in [2.75, 3.05) is 29.4 Å². The van der Waals surface area contributed by atoms with Crippen molar-refractivity contribution in [3.63, 3.8) is 0 Å². The van der Waals surface area contributed by atoms with Crippen molar-refractivity contribution in [2.24, 2.45) is 0 Å². The lowest BCUT2D eigenvalue weighted by Gasteiger charge is -2.49. The topological polar surface area (TPSA) is 19.4 Å². The molecule has 0 saturated carbocycles. The van der Waals surface area contributed by atoms with Gasteiger partial charge in [0.2, 0.25) is 13.4 Å². The van der Waals surface area contributed by atoms with Crippen molar-refractivity contribution in [2.45, 2.75) is 38.5 Å². The van der Waals surface area contributed by atoms with Gasteiger partial charge in [-0.15, -0.1) is 0 Å². The van der Waals surface area contributed by atoms with Gasteiger partial charge in [-0.05, 0) is 159 Å². The van der Waals surface area contributed by atoms with Gasteiger partial charge < -0.3 is 29.4 Å². The SMILES string of the molecule is CC1(C)C2=C(c3ccccc31)N(c1ccccc1)c1cc(N(c3ccccc3)c3ccccc3)cc3c1B2c1cc2c(cc1N3c1ccccc1)N(c1c(-c3ccccc3)cccc1-c1ccccc1)c1cc(N(c3ccccc3)c3ccccc3)cc3c1B2C1=C(c2ccccc2C1(C)C)N3c1ccccc1. The Labute approximate surface area is 633 Å². The van der Waals surface area contributed by atoms with E-state index in [1.165, 1.54) is 66.4 Å². The molecule has 0 bridgehead atoms. The van der Waals surface area contributed by atoms with Gasteiger partial charge in [0.25, 0.3) is 0 Å². The van der Waals surface area contributed by atoms with E-state index in [1.54, 1.807) is 0 Å². The van der Waals surface area contributed by atoms with Crippen LogP contribution in [0.5, 0.6) is 0 Å². The lowest BCUT2D eigenvalue weighted by atomic mass is 9.27. The van der Waals surface area contributed by atoms with Crippen LogP contribution >= 0.6 is 0 Å². The predicted octanol–water partition coefficient (Wildman–Crippen LogP) is 23.5. The first-order valence-corrected chi connectivity index (χ1v) is 37.8. The maximum Gasteiger partial charge on any atom is 0.248 e. The first-order chi connectivity index (χ1) is 53.2. The molecular weight excluding hydrogens is 1310 g/mol. The van der Waals surface area contributed by atoms with E-state index in [1.807, 2.05) is 0 Å². The number of hydrogen-bond acceptors (Lipinski definition) is 6. The third-order valence-electron chi connectivity index (χ3n) is 23.7. The summed E-state index contributed by atoms with van der Waals surface area (Å²) in [6, 6.07) is 141. The number of allylic oxidation sites excluding steroid dienone is 2. The van der Waals surface area contributed by atoms with Crippen LogP contribution in [-0.2, 0) is 10.8 Å². The molecule has 0 saturated heterocycles. The highest BCUT2D eigenvalue weighted by atomic mass is 15.2. The van der Waals surface area contributed by atoms with Crippen molar-refractivity contribution in [3.05, 3.63) is 409 Å². The zero-order valence-corrected chi connectivity index (χ0v) is 60.6. The van der Waals surface area contributed by atoms with Gasteiger partial charge in [0.15, 0.2) is 0 Å². The number of rotatable bonds is 12. The lowest BCUT2D eigenvalue weighted by Crippen LogP contribution is -2.61. The summed E-state index contributed by atoms with van der Waals surface area (Å²) in [4.78, 5) is 15.6. The summed E-state index contributed by atoms with van der Waals surface area (Å²) < 4.78 is 0. The largest absolute Gasteiger partial charge is 0.311 e. The second kappa shape index (κ2) is 24.7. The van der Waals surface area contributed by atoms with Crippen molar-refractivity contribution in [1.82, 2.24) is 0 Å². The van der Waals surface area contributed by atoms with Crippen LogP contribution in [0.25, 0.3) is 33.6 Å². The van der Waals surface area contributed by atoms with Gasteiger partial charge in [-0.2, -0.15) is 0 Å². The molecule has 510 valence electrons. The lowest BCUT2D eigenvalue weighted by molar-refractivity contribution is 0.666. The Bertz CT molecular complexity index is 6000. The molecule has 0 spiro atoms. The number of anilines is 16. The minimum atomic E-state index is -0.467. The van der Waals surface area contributed by atoms with Gasteiger partial charge in [0, 0.05) is 118 Å². The van der Waals surface area contributed by atoms with Gasteiger partial charge in [-0.25, -0.2) is 0 Å². The zero-order valence-electron chi connectivity index (χ0n) is 60.6. The molecule has 2 aliphatic carbocycles. The average molecular weight is 1380 g/mol. The molecule has 0 aromatic heterocycles. The van der Waals surface area contributed by atoms with Crippen molar-refractivity contribution in [1.29, 1.82) is 0 Å². The van der Waals surface area contributed by atoms with Crippen LogP contribution in [0.4, 0.5) is 91.0 Å². The highest BCUT2D eigenvalue weighted by molar-refractivity contribution is 6.99. The van der Waals surface area contributed by atoms with E-state index in [0.717, 1.165) is 113 Å². The summed E-state index contributed by atoms with van der Waals surface area (Å²) in [6.45, 7) is 9.50. The van der Waals surface area contributed by atoms with Gasteiger partial charge in [-0.3, -0.25) is 0 Å². The Morgan fingerprint density at radius 3 is 0.898 bits per heavy atom. The molecule has 4 heterocycles. The molecule has 15 aromatic rings. The molecular formula is C100H74B2N6. The van der Waals surface area contributed by atoms with Crippen LogP contribution in [0.1, 0.15) is 49.9 Å². The molecule has 0 fully saturated rings. The third kappa shape index (κ3) is 9.49. The fourth-order valence-corrected chi connectivity index (χ4v) is 19.3. The quantitative estimate of drug-likeness (QED) is 0.113. The molecule has 108 heavy (non-hydrogen) atoms. The Hall–Kier alpha value is -13.3. The molecule has 4 aliphatic heterocycles. The average Bonchev–Trinajstić information content (AvgIpc) is 1.35. The molecule has 0 radical (unpaired) electrons. The van der Waals surface area contributed by atoms with E-state index in [2.05, 4.69) is 433 Å². The minimum absolute atomic E-state index is 0.242. The second-order valence-corrected chi connectivity index (χ2v) is 30.3. The number of fused-ring (bicyclic) bond motifs is 10. The normalized spacial score (nSPS) is 14.8. The Kier molecular flexibility index (Phi) is 14.4. The fraction of sp³-hybridized carbons (Fsp3) is 0.0600. The first kappa shape index (κ1) is 63.2. The maximum atomic E-state index is 2.75. The standard InChI is InChI=1S/C100H74B2N6/c1-99(2)82-59-34-32-55-80(82)95-97(99)101-84-65-85-87(66-86(84)105(73-49-26-11-27-50-73)88-61-76(62-89(92(88)101)106(95)74-51-28-12-29-52-74)103(69-41-18-7-19-42-69)70-43-20-8-21-44-70)108(94-78(67-37-14-5-15-38-67)57-36-58-79(94)68-39-16-6-17-40-68)91-64-77(104(71-45-22-9-23-46-71)72-47-24-10-25-48-72)63-90-93(91)102(85)98-96(107(90)75-53-30-13-31-54-75)81-56-33-35-60-83(81)100(98,3)4/h5-66H,1-4H3. The summed E-state index contributed by atoms with van der Waals surface area (Å²) in [7, 11) is 0. The third-order valence-corrected chi connectivity index (χ3v) is 23.7. The Morgan fingerprint density at radius 2 is 0.528 bits per heavy atom. The van der Waals surface area contributed by atoms with Gasteiger partial charge in [-0.1, -0.05) is 299 Å². The predicted molar refractivity (Wildman–Crippen MR) is 456 cm³/mol. The van der Waals surface area contributed by atoms with Gasteiger partial charge in [0.05, 0.1) is 17.1 Å². The smallest absolute Gasteiger partial charge is 0.248 e. The van der Waals surface area contributed by atoms with Crippen LogP contribution in [0.15, 0.2) is 387 Å². The molecule has 6 nitrogen and oxygen atoms in total. The summed E-state index contributed by atoms with van der Waals surface area (Å²) in [6.07, 6.45) is 0. The monoisotopic (exact) mass is 1380 g/mol. The van der Waals surface area contributed by atoms with E-state index in [9.17, 15) is 0 Å². The van der Waals surface area contributed by atoms with E-state index in [0.29, 0.717) is 0 Å². The summed E-state index contributed by atoms with van der Waals surface area (Å²) in [5, 5.41) is 0. The van der Waals surface area contributed by atoms with Crippen LogP contribution in [0.3, 0.4) is 0 Å². The van der Waals surface area contributed by atoms with Crippen LogP contribution in [0.2, 0.25) is 0 Å². The van der Waals surface area contributed by atoms with E-state index >= 15 is 0 Å². The zero-order chi connectivity index (χ0) is 71.9. The number of nitrogens with zero attached hydrogens (tertiary/aromatic N) is 6. The van der Waals surface area contributed by atoms with E-state index < -0.39 is 10.8 Å². The number of benzene rings is 15. The molecule has 6 aliphatic rings. The molecule has 0 amide bonds. The molecule has 21 rings (SSSR count). The molecule has 0 unspecified atom stereocenters. The van der Waals surface area contributed by atoms with Crippen molar-refractivity contribution in [3.8, 4) is 22.3 Å². The van der Waals surface area contributed by atoms with E-state index in [4.69, 9.17) is 0 Å². The van der Waals surface area contributed by atoms with Crippen molar-refractivity contribution >= 4 is 138 Å². The van der Waals surface area contributed by atoms with Crippen LogP contribution in [0, 0.1) is 0 Å². The van der Waals surface area contributed by atoms with Gasteiger partial charge >= 0.3 is 0 Å². The van der Waals surface area contributed by atoms with Crippen LogP contribution < -0.4 is 51.3 Å². The fourth-order valence-electron chi connectivity index (χ4n) is 19.3. The summed E-state index contributed by atoms with van der Waals surface area (Å²) in [5.41, 5.74) is 36.5. The molecule has 0 N–H and O–H groups in total.